The molecule has 0 aliphatic carbocycles. The van der Waals surface area contributed by atoms with E-state index in [0.29, 0.717) is 6.61 Å². The van der Waals surface area contributed by atoms with Crippen LogP contribution >= 0.6 is 0 Å². The van der Waals surface area contributed by atoms with Gasteiger partial charge in [0, 0.05) is 12.2 Å². The van der Waals surface area contributed by atoms with Gasteiger partial charge in [-0.2, -0.15) is 0 Å². The molecule has 2 heteroatoms. The zero-order valence-electron chi connectivity index (χ0n) is 16.8. The van der Waals surface area contributed by atoms with Crippen LogP contribution in [0, 0.1) is 0 Å². The molecule has 25 heavy (non-hydrogen) atoms. The van der Waals surface area contributed by atoms with Crippen molar-refractivity contribution in [3.8, 4) is 0 Å². The maximum Gasteiger partial charge on any atom is 0.0957 e. The summed E-state index contributed by atoms with van der Waals surface area (Å²) in [5.74, 6) is 0. The van der Waals surface area contributed by atoms with Gasteiger partial charge >= 0.3 is 0 Å². The molecule has 0 aliphatic heterocycles. The fraction of sp³-hybridized carbons (Fsp3) is 0.826. The molecule has 0 atom stereocenters. The predicted octanol–water partition coefficient (Wildman–Crippen LogP) is 8.06. The second-order valence-electron chi connectivity index (χ2n) is 7.49. The number of ether oxygens (including phenoxy) is 1. The lowest BCUT2D eigenvalue weighted by molar-refractivity contribution is 0.116. The highest BCUT2D eigenvalue weighted by Gasteiger charge is 1.96. The number of rotatable bonds is 19. The Morgan fingerprint density at radius 3 is 1.60 bits per heavy atom. The molecule has 0 saturated heterocycles. The highest BCUT2D eigenvalue weighted by Crippen LogP contribution is 2.13. The van der Waals surface area contributed by atoms with Crippen LogP contribution in [0.2, 0.25) is 0 Å². The van der Waals surface area contributed by atoms with Crippen LogP contribution in [0.25, 0.3) is 0 Å². The first-order chi connectivity index (χ1) is 12.4. The van der Waals surface area contributed by atoms with Gasteiger partial charge in [0.05, 0.1) is 19.1 Å². The van der Waals surface area contributed by atoms with Crippen LogP contribution in [0.4, 0.5) is 0 Å². The summed E-state index contributed by atoms with van der Waals surface area (Å²) in [4.78, 5) is 0. The van der Waals surface area contributed by atoms with Gasteiger partial charge in [-0.05, 0) is 12.5 Å². The first kappa shape index (κ1) is 22.3. The van der Waals surface area contributed by atoms with Crippen molar-refractivity contribution in [1.29, 1.82) is 0 Å². The summed E-state index contributed by atoms with van der Waals surface area (Å²) in [5.41, 5.74) is 1.14. The van der Waals surface area contributed by atoms with E-state index < -0.39 is 0 Å². The predicted molar refractivity (Wildman–Crippen MR) is 108 cm³/mol. The maximum absolute atomic E-state index is 5.64. The molecular formula is C23H42O2. The quantitative estimate of drug-likeness (QED) is 0.235. The molecule has 1 aromatic rings. The van der Waals surface area contributed by atoms with Crippen molar-refractivity contribution in [2.75, 3.05) is 6.61 Å². The van der Waals surface area contributed by atoms with E-state index in [2.05, 4.69) is 6.92 Å². The van der Waals surface area contributed by atoms with Crippen molar-refractivity contribution in [2.45, 2.75) is 116 Å². The number of hydrogen-bond donors (Lipinski definition) is 0. The third-order valence-corrected chi connectivity index (χ3v) is 4.99. The lowest BCUT2D eigenvalue weighted by atomic mass is 10.0. The van der Waals surface area contributed by atoms with Gasteiger partial charge in [0.25, 0.3) is 0 Å². The molecule has 0 bridgehead atoms. The molecule has 0 saturated carbocycles. The van der Waals surface area contributed by atoms with Gasteiger partial charge in [-0.15, -0.1) is 0 Å². The van der Waals surface area contributed by atoms with Crippen molar-refractivity contribution in [3.63, 3.8) is 0 Å². The van der Waals surface area contributed by atoms with Crippen LogP contribution in [-0.4, -0.2) is 6.61 Å². The highest BCUT2D eigenvalue weighted by molar-refractivity contribution is 5.02. The minimum absolute atomic E-state index is 0.690. The van der Waals surface area contributed by atoms with Crippen LogP contribution in [-0.2, 0) is 11.3 Å². The van der Waals surface area contributed by atoms with E-state index in [1.165, 1.54) is 103 Å². The zero-order chi connectivity index (χ0) is 17.8. The molecule has 1 aromatic heterocycles. The molecule has 0 N–H and O–H groups in total. The third kappa shape index (κ3) is 15.2. The Morgan fingerprint density at radius 1 is 0.680 bits per heavy atom. The monoisotopic (exact) mass is 350 g/mol. The van der Waals surface area contributed by atoms with Gasteiger partial charge in [0.2, 0.25) is 0 Å². The summed E-state index contributed by atoms with van der Waals surface area (Å²) in [7, 11) is 0. The molecule has 0 spiro atoms. The van der Waals surface area contributed by atoms with Crippen LogP contribution in [0.15, 0.2) is 23.0 Å². The van der Waals surface area contributed by atoms with Gasteiger partial charge < -0.3 is 9.15 Å². The van der Waals surface area contributed by atoms with Crippen molar-refractivity contribution < 1.29 is 9.15 Å². The van der Waals surface area contributed by atoms with Gasteiger partial charge in [0.15, 0.2) is 0 Å². The smallest absolute Gasteiger partial charge is 0.0957 e. The molecular weight excluding hydrogens is 308 g/mol. The van der Waals surface area contributed by atoms with E-state index in [9.17, 15) is 0 Å². The maximum atomic E-state index is 5.64. The Labute approximate surface area is 156 Å². The molecule has 0 radical (unpaired) electrons. The fourth-order valence-electron chi connectivity index (χ4n) is 3.32. The number of unbranched alkanes of at least 4 members (excludes halogenated alkanes) is 15. The van der Waals surface area contributed by atoms with Crippen molar-refractivity contribution in [3.05, 3.63) is 24.2 Å². The van der Waals surface area contributed by atoms with E-state index in [0.717, 1.165) is 12.2 Å². The van der Waals surface area contributed by atoms with Gasteiger partial charge in [-0.3, -0.25) is 0 Å². The van der Waals surface area contributed by atoms with Gasteiger partial charge in [-0.1, -0.05) is 103 Å². The summed E-state index contributed by atoms with van der Waals surface area (Å²) < 4.78 is 10.7. The van der Waals surface area contributed by atoms with Crippen LogP contribution in [0.3, 0.4) is 0 Å². The van der Waals surface area contributed by atoms with Crippen molar-refractivity contribution in [2.24, 2.45) is 0 Å². The molecule has 0 aliphatic rings. The van der Waals surface area contributed by atoms with Crippen LogP contribution < -0.4 is 0 Å². The Kier molecular flexibility index (Phi) is 16.1. The average Bonchev–Trinajstić information content (AvgIpc) is 3.14. The SMILES string of the molecule is CCCCCCCCCCCCCCCCCCOCc1ccoc1. The largest absolute Gasteiger partial charge is 0.472 e. The summed E-state index contributed by atoms with van der Waals surface area (Å²) in [5, 5.41) is 0. The lowest BCUT2D eigenvalue weighted by Gasteiger charge is -2.04. The van der Waals surface area contributed by atoms with E-state index >= 15 is 0 Å². The Balaban J connectivity index is 1.65. The Bertz CT molecular complexity index is 345. The molecule has 2 nitrogen and oxygen atoms in total. The van der Waals surface area contributed by atoms with Crippen LogP contribution in [0.1, 0.15) is 115 Å². The van der Waals surface area contributed by atoms with Gasteiger partial charge in [0.1, 0.15) is 0 Å². The fourth-order valence-corrected chi connectivity index (χ4v) is 3.32. The summed E-state index contributed by atoms with van der Waals surface area (Å²) in [6.07, 6.45) is 26.0. The second-order valence-corrected chi connectivity index (χ2v) is 7.49. The average molecular weight is 351 g/mol. The van der Waals surface area contributed by atoms with Crippen molar-refractivity contribution >= 4 is 0 Å². The summed E-state index contributed by atoms with van der Waals surface area (Å²) in [6, 6.07) is 1.97. The molecule has 0 amide bonds. The molecule has 0 unspecified atom stereocenters. The lowest BCUT2D eigenvalue weighted by Crippen LogP contribution is -1.94. The second kappa shape index (κ2) is 18.0. The summed E-state index contributed by atoms with van der Waals surface area (Å²) in [6.45, 7) is 3.86. The summed E-state index contributed by atoms with van der Waals surface area (Å²) >= 11 is 0. The molecule has 1 heterocycles. The minimum Gasteiger partial charge on any atom is -0.472 e. The normalized spacial score (nSPS) is 11.2. The first-order valence-corrected chi connectivity index (χ1v) is 11.0. The van der Waals surface area contributed by atoms with Crippen molar-refractivity contribution in [1.82, 2.24) is 0 Å². The first-order valence-electron chi connectivity index (χ1n) is 11.0. The number of hydrogen-bond acceptors (Lipinski definition) is 2. The molecule has 146 valence electrons. The van der Waals surface area contributed by atoms with Crippen LogP contribution in [0.5, 0.6) is 0 Å². The van der Waals surface area contributed by atoms with E-state index in [1.807, 2.05) is 6.07 Å². The number of furan rings is 1. The topological polar surface area (TPSA) is 22.4 Å². The highest BCUT2D eigenvalue weighted by atomic mass is 16.5. The molecule has 1 rings (SSSR count). The van der Waals surface area contributed by atoms with E-state index in [4.69, 9.17) is 9.15 Å². The Morgan fingerprint density at radius 2 is 1.16 bits per heavy atom. The molecule has 0 fully saturated rings. The Hall–Kier alpha value is -0.760. The standard InChI is InChI=1S/C23H42O2/c1-2-3-4-5-6-7-8-9-10-11-12-13-14-15-16-17-19-24-21-23-18-20-25-22-23/h18,20,22H,2-17,19,21H2,1H3. The van der Waals surface area contributed by atoms with E-state index in [-0.39, 0.29) is 0 Å². The third-order valence-electron chi connectivity index (χ3n) is 4.99. The van der Waals surface area contributed by atoms with Gasteiger partial charge in [-0.25, -0.2) is 0 Å². The minimum atomic E-state index is 0.690. The van der Waals surface area contributed by atoms with E-state index in [1.54, 1.807) is 12.5 Å². The molecule has 0 aromatic carbocycles. The zero-order valence-corrected chi connectivity index (χ0v) is 16.8.